The van der Waals surface area contributed by atoms with E-state index in [0.717, 1.165) is 6.42 Å². The summed E-state index contributed by atoms with van der Waals surface area (Å²) in [6.45, 7) is 3.67. The summed E-state index contributed by atoms with van der Waals surface area (Å²) >= 11 is 6.30. The molecule has 0 bridgehead atoms. The van der Waals surface area contributed by atoms with Crippen molar-refractivity contribution in [2.24, 2.45) is 0 Å². The van der Waals surface area contributed by atoms with Crippen molar-refractivity contribution in [1.29, 1.82) is 0 Å². The molecule has 208 valence electrons. The lowest BCUT2D eigenvalue weighted by Crippen LogP contribution is -2.24. The van der Waals surface area contributed by atoms with Crippen LogP contribution in [0.1, 0.15) is 49.9 Å². The van der Waals surface area contributed by atoms with E-state index in [4.69, 9.17) is 16.8 Å². The van der Waals surface area contributed by atoms with Crippen LogP contribution >= 0.6 is 11.6 Å². The second-order valence-corrected chi connectivity index (χ2v) is 11.8. The highest BCUT2D eigenvalue weighted by molar-refractivity contribution is 7.92. The molecule has 5 N–H and O–H groups in total. The molecule has 0 atom stereocenters. The predicted molar refractivity (Wildman–Crippen MR) is 150 cm³/mol. The van der Waals surface area contributed by atoms with E-state index in [0.29, 0.717) is 36.3 Å². The molecule has 3 aromatic rings. The van der Waals surface area contributed by atoms with Gasteiger partial charge in [-0.2, -0.15) is 4.98 Å². The van der Waals surface area contributed by atoms with Crippen LogP contribution in [0.4, 0.5) is 23.1 Å². The van der Waals surface area contributed by atoms with E-state index >= 15 is 0 Å². The molecule has 0 spiro atoms. The zero-order valence-electron chi connectivity index (χ0n) is 21.6. The summed E-state index contributed by atoms with van der Waals surface area (Å²) < 4.78 is 25.6. The maximum Gasteiger partial charge on any atom is 0.251 e. The first kappa shape index (κ1) is 29.8. The average Bonchev–Trinajstić information content (AvgIpc) is 2.92. The maximum absolute atomic E-state index is 12.8. The number of sulfone groups is 1. The number of amides is 2. The van der Waals surface area contributed by atoms with Gasteiger partial charge in [-0.05, 0) is 57.0 Å². The van der Waals surface area contributed by atoms with Gasteiger partial charge in [-0.25, -0.2) is 18.9 Å². The Morgan fingerprint density at radius 2 is 1.79 bits per heavy atom. The molecule has 0 aliphatic carbocycles. The zero-order chi connectivity index (χ0) is 28.4. The monoisotopic (exact) mass is 574 g/mol. The van der Waals surface area contributed by atoms with Gasteiger partial charge in [-0.3, -0.25) is 14.8 Å². The molecule has 13 heteroatoms. The fourth-order valence-corrected chi connectivity index (χ4v) is 4.87. The number of para-hydroxylation sites is 1. The average molecular weight is 575 g/mol. The first-order chi connectivity index (χ1) is 18.6. The molecule has 0 radical (unpaired) electrons. The van der Waals surface area contributed by atoms with Crippen LogP contribution < -0.4 is 21.4 Å². The standard InChI is InChI=1S/C26H31ClN6O5S/c1-17(2)39(37,38)22-12-6-5-11-21(22)31-24-20(27)16-29-26(32-24)30-19-10-8-9-18(15-19)25(35)28-14-7-3-4-13-23(34)33-36/h5-6,8-12,15-17,36H,3-4,7,13-14H2,1-2H3,(H,28,35)(H,33,34)(H2,29,30,31,32). The molecule has 2 aromatic carbocycles. The third kappa shape index (κ3) is 8.37. The topological polar surface area (TPSA) is 162 Å². The number of hydrogen-bond acceptors (Lipinski definition) is 9. The summed E-state index contributed by atoms with van der Waals surface area (Å²) in [4.78, 5) is 32.3. The number of rotatable bonds is 13. The molecule has 0 fully saturated rings. The number of anilines is 4. The van der Waals surface area contributed by atoms with Crippen molar-refractivity contribution < 1.29 is 23.2 Å². The highest BCUT2D eigenvalue weighted by atomic mass is 35.5. The molecule has 2 amide bonds. The van der Waals surface area contributed by atoms with E-state index in [-0.39, 0.29) is 34.0 Å². The van der Waals surface area contributed by atoms with Crippen LogP contribution in [0.5, 0.6) is 0 Å². The molecule has 0 unspecified atom stereocenters. The molecule has 0 aliphatic rings. The number of unbranched alkanes of at least 4 members (excludes halogenated alkanes) is 2. The summed E-state index contributed by atoms with van der Waals surface area (Å²) in [6, 6.07) is 13.3. The van der Waals surface area contributed by atoms with E-state index in [1.807, 2.05) is 0 Å². The third-order valence-corrected chi connectivity index (χ3v) is 8.17. The van der Waals surface area contributed by atoms with Crippen molar-refractivity contribution in [2.75, 3.05) is 17.2 Å². The molecular weight excluding hydrogens is 544 g/mol. The Labute approximate surface area is 232 Å². The van der Waals surface area contributed by atoms with Gasteiger partial charge in [0.15, 0.2) is 15.7 Å². The van der Waals surface area contributed by atoms with Gasteiger partial charge in [0.25, 0.3) is 5.91 Å². The van der Waals surface area contributed by atoms with Crippen LogP contribution in [0.15, 0.2) is 59.6 Å². The normalized spacial score (nSPS) is 11.2. The van der Waals surface area contributed by atoms with E-state index in [1.165, 1.54) is 12.3 Å². The SMILES string of the molecule is CC(C)S(=O)(=O)c1ccccc1Nc1nc(Nc2cccc(C(=O)NCCCCCC(=O)NO)c2)ncc1Cl. The largest absolute Gasteiger partial charge is 0.352 e. The number of hydroxylamine groups is 1. The Morgan fingerprint density at radius 1 is 1.03 bits per heavy atom. The molecule has 11 nitrogen and oxygen atoms in total. The van der Waals surface area contributed by atoms with E-state index in [9.17, 15) is 18.0 Å². The molecule has 0 aliphatic heterocycles. The van der Waals surface area contributed by atoms with Crippen molar-refractivity contribution in [1.82, 2.24) is 20.8 Å². The maximum atomic E-state index is 12.8. The summed E-state index contributed by atoms with van der Waals surface area (Å²) in [5.41, 5.74) is 2.93. The van der Waals surface area contributed by atoms with Crippen molar-refractivity contribution >= 4 is 56.4 Å². The first-order valence-electron chi connectivity index (χ1n) is 12.3. The molecule has 0 saturated heterocycles. The van der Waals surface area contributed by atoms with Gasteiger partial charge < -0.3 is 16.0 Å². The minimum Gasteiger partial charge on any atom is -0.352 e. The molecule has 1 aromatic heterocycles. The smallest absolute Gasteiger partial charge is 0.251 e. The molecule has 1 heterocycles. The van der Waals surface area contributed by atoms with Gasteiger partial charge in [-0.1, -0.05) is 36.2 Å². The van der Waals surface area contributed by atoms with E-state index < -0.39 is 21.0 Å². The van der Waals surface area contributed by atoms with Crippen LogP contribution in [0.3, 0.4) is 0 Å². The lowest BCUT2D eigenvalue weighted by molar-refractivity contribution is -0.129. The number of aromatic nitrogens is 2. The number of nitrogens with zero attached hydrogens (tertiary/aromatic N) is 2. The minimum atomic E-state index is -3.56. The lowest BCUT2D eigenvalue weighted by Gasteiger charge is -2.15. The van der Waals surface area contributed by atoms with Crippen LogP contribution in [-0.2, 0) is 14.6 Å². The van der Waals surface area contributed by atoms with E-state index in [2.05, 4.69) is 25.9 Å². The van der Waals surface area contributed by atoms with Gasteiger partial charge in [0.2, 0.25) is 11.9 Å². The zero-order valence-corrected chi connectivity index (χ0v) is 23.1. The lowest BCUT2D eigenvalue weighted by atomic mass is 10.1. The number of benzene rings is 2. The Hall–Kier alpha value is -3.74. The van der Waals surface area contributed by atoms with Crippen LogP contribution in [0, 0.1) is 0 Å². The van der Waals surface area contributed by atoms with Crippen molar-refractivity contribution in [2.45, 2.75) is 49.7 Å². The number of carbonyl (C=O) groups excluding carboxylic acids is 2. The molecule has 3 rings (SSSR count). The number of nitrogens with one attached hydrogen (secondary N) is 4. The van der Waals surface area contributed by atoms with Gasteiger partial charge in [0.1, 0.15) is 5.02 Å². The van der Waals surface area contributed by atoms with Crippen molar-refractivity contribution in [3.63, 3.8) is 0 Å². The number of halogens is 1. The van der Waals surface area contributed by atoms with Gasteiger partial charge in [0.05, 0.1) is 22.0 Å². The summed E-state index contributed by atoms with van der Waals surface area (Å²) in [5.74, 6) is -0.282. The first-order valence-corrected chi connectivity index (χ1v) is 14.2. The highest BCUT2D eigenvalue weighted by Gasteiger charge is 2.23. The molecule has 0 saturated carbocycles. The van der Waals surface area contributed by atoms with Gasteiger partial charge in [-0.15, -0.1) is 0 Å². The Morgan fingerprint density at radius 3 is 2.54 bits per heavy atom. The Bertz CT molecular complexity index is 1420. The predicted octanol–water partition coefficient (Wildman–Crippen LogP) is 4.59. The second kappa shape index (κ2) is 13.9. The quantitative estimate of drug-likeness (QED) is 0.112. The minimum absolute atomic E-state index is 0.138. The van der Waals surface area contributed by atoms with Crippen molar-refractivity contribution in [3.8, 4) is 0 Å². The fraction of sp³-hybridized carbons (Fsp3) is 0.308. The summed E-state index contributed by atoms with van der Waals surface area (Å²) in [7, 11) is -3.56. The van der Waals surface area contributed by atoms with Crippen LogP contribution in [0.2, 0.25) is 5.02 Å². The summed E-state index contributed by atoms with van der Waals surface area (Å²) in [5, 5.41) is 17.0. The third-order valence-electron chi connectivity index (χ3n) is 5.68. The van der Waals surface area contributed by atoms with Crippen LogP contribution in [-0.4, -0.2) is 47.2 Å². The molecule has 39 heavy (non-hydrogen) atoms. The van der Waals surface area contributed by atoms with Gasteiger partial charge in [0, 0.05) is 24.2 Å². The number of carbonyl (C=O) groups is 2. The van der Waals surface area contributed by atoms with E-state index in [1.54, 1.807) is 61.8 Å². The second-order valence-electron chi connectivity index (χ2n) is 8.91. The Kier molecular flexibility index (Phi) is 10.6. The Balaban J connectivity index is 1.66. The van der Waals surface area contributed by atoms with Gasteiger partial charge >= 0.3 is 0 Å². The molecular formula is C26H31ClN6O5S. The number of hydrogen-bond donors (Lipinski definition) is 5. The summed E-state index contributed by atoms with van der Waals surface area (Å²) in [6.07, 6.45) is 3.65. The van der Waals surface area contributed by atoms with Crippen molar-refractivity contribution in [3.05, 3.63) is 65.3 Å². The van der Waals surface area contributed by atoms with Crippen LogP contribution in [0.25, 0.3) is 0 Å². The highest BCUT2D eigenvalue weighted by Crippen LogP contribution is 2.30. The fourth-order valence-electron chi connectivity index (χ4n) is 3.53.